The van der Waals surface area contributed by atoms with Crippen LogP contribution in [0.1, 0.15) is 46.7 Å². The number of aromatic hydroxyl groups is 1. The average molecular weight is 453 g/mol. The van der Waals surface area contributed by atoms with Crippen molar-refractivity contribution in [2.45, 2.75) is 31.2 Å². The number of hydrogen-bond donors (Lipinski definition) is 6. The minimum atomic E-state index is -1.32. The molecule has 0 spiro atoms. The first-order valence-corrected chi connectivity index (χ1v) is 10.0. The Hall–Kier alpha value is -4.41. The fourth-order valence-electron chi connectivity index (χ4n) is 3.57. The zero-order valence-electron chi connectivity index (χ0n) is 17.5. The third-order valence-corrected chi connectivity index (χ3v) is 5.16. The number of nitrogens with one attached hydrogen (secondary N) is 2. The van der Waals surface area contributed by atoms with Crippen LogP contribution in [0.3, 0.4) is 0 Å². The molecule has 3 aromatic rings. The molecule has 11 heteroatoms. The quantitative estimate of drug-likeness (QED) is 0.249. The van der Waals surface area contributed by atoms with Crippen molar-refractivity contribution in [1.82, 2.24) is 20.3 Å². The highest BCUT2D eigenvalue weighted by Crippen LogP contribution is 2.36. The zero-order valence-corrected chi connectivity index (χ0v) is 17.5. The molecule has 0 radical (unpaired) electrons. The summed E-state index contributed by atoms with van der Waals surface area (Å²) in [6.07, 6.45) is 3.32. The molecule has 1 aromatic carbocycles. The van der Waals surface area contributed by atoms with Crippen LogP contribution in [0.4, 0.5) is 5.95 Å². The number of nitrogen functional groups attached to an aromatic ring is 1. The summed E-state index contributed by atoms with van der Waals surface area (Å²) in [5.74, 6) is -3.65. The maximum atomic E-state index is 12.5. The number of nitrogens with zero attached hydrogens (tertiary/aromatic N) is 2. The molecule has 2 aromatic heterocycles. The van der Waals surface area contributed by atoms with Crippen molar-refractivity contribution in [1.29, 1.82) is 0 Å². The standard InChI is InChI=1S/C22H23N5O6/c1-2-3-13(14-10-24-18-17(14)20(31)27-22(23)26-18)11-4-6-12(7-5-11)19(30)25-15(21(32)33)8-9-16(28)29/h2,4-7,10,13,15H,1,3,8-9H2,(H,25,30)(H,28,29)(H,32,33)(H4,23,24,26,27,31)/t13?,15-/m0/s1. The molecule has 0 fully saturated rings. The summed E-state index contributed by atoms with van der Waals surface area (Å²) in [4.78, 5) is 45.4. The third kappa shape index (κ3) is 5.26. The minimum absolute atomic E-state index is 0.0629. The van der Waals surface area contributed by atoms with Crippen LogP contribution in [0.2, 0.25) is 0 Å². The second kappa shape index (κ2) is 9.81. The van der Waals surface area contributed by atoms with Crippen molar-refractivity contribution in [3.8, 4) is 5.88 Å². The van der Waals surface area contributed by atoms with Crippen molar-refractivity contribution in [2.75, 3.05) is 5.73 Å². The van der Waals surface area contributed by atoms with E-state index in [0.29, 0.717) is 17.5 Å². The van der Waals surface area contributed by atoms with Gasteiger partial charge in [-0.15, -0.1) is 6.58 Å². The number of rotatable bonds is 10. The molecule has 0 aliphatic rings. The Balaban J connectivity index is 1.85. The molecule has 0 bridgehead atoms. The molecule has 0 saturated carbocycles. The maximum absolute atomic E-state index is 12.5. The summed E-state index contributed by atoms with van der Waals surface area (Å²) in [6.45, 7) is 3.79. The number of carbonyl (C=O) groups is 3. The zero-order chi connectivity index (χ0) is 24.1. The largest absolute Gasteiger partial charge is 0.493 e. The van der Waals surface area contributed by atoms with E-state index < -0.39 is 23.9 Å². The molecule has 1 unspecified atom stereocenters. The molecule has 11 nitrogen and oxygen atoms in total. The number of carboxylic acid groups (broad SMARTS) is 2. The summed E-state index contributed by atoms with van der Waals surface area (Å²) >= 11 is 0. The molecule has 1 amide bonds. The topological polar surface area (TPSA) is 192 Å². The second-order valence-electron chi connectivity index (χ2n) is 7.37. The number of amides is 1. The maximum Gasteiger partial charge on any atom is 0.326 e. The van der Waals surface area contributed by atoms with Crippen molar-refractivity contribution >= 4 is 34.8 Å². The lowest BCUT2D eigenvalue weighted by Gasteiger charge is -2.17. The Morgan fingerprint density at radius 3 is 2.48 bits per heavy atom. The Labute approximate surface area is 188 Å². The van der Waals surface area contributed by atoms with Gasteiger partial charge >= 0.3 is 11.9 Å². The Bertz CT molecular complexity index is 1200. The number of allylic oxidation sites excluding steroid dienone is 1. The lowest BCUT2D eigenvalue weighted by atomic mass is 9.88. The van der Waals surface area contributed by atoms with Gasteiger partial charge in [-0.3, -0.25) is 9.59 Å². The van der Waals surface area contributed by atoms with E-state index in [2.05, 4.69) is 26.8 Å². The Morgan fingerprint density at radius 1 is 1.18 bits per heavy atom. The Morgan fingerprint density at radius 2 is 1.88 bits per heavy atom. The van der Waals surface area contributed by atoms with E-state index in [0.717, 1.165) is 11.1 Å². The van der Waals surface area contributed by atoms with E-state index >= 15 is 0 Å². The van der Waals surface area contributed by atoms with Crippen LogP contribution in [0, 0.1) is 0 Å². The smallest absolute Gasteiger partial charge is 0.326 e. The van der Waals surface area contributed by atoms with E-state index in [1.54, 1.807) is 36.5 Å². The van der Waals surface area contributed by atoms with Crippen molar-refractivity contribution < 1.29 is 29.7 Å². The highest BCUT2D eigenvalue weighted by Gasteiger charge is 2.23. The van der Waals surface area contributed by atoms with Gasteiger partial charge in [0.25, 0.3) is 5.91 Å². The van der Waals surface area contributed by atoms with Crippen LogP contribution in [0.15, 0.2) is 43.1 Å². The SMILES string of the molecule is C=CCC(c1ccc(C(=O)N[C@@H](CCC(=O)O)C(=O)O)cc1)c1c[nH]c2nc(N)nc(O)c12. The summed E-state index contributed by atoms with van der Waals surface area (Å²) < 4.78 is 0. The summed E-state index contributed by atoms with van der Waals surface area (Å²) in [5.41, 5.74) is 7.73. The molecule has 0 saturated heterocycles. The fourth-order valence-corrected chi connectivity index (χ4v) is 3.57. The highest BCUT2D eigenvalue weighted by molar-refractivity contribution is 5.96. The van der Waals surface area contributed by atoms with Gasteiger partial charge in [-0.2, -0.15) is 9.97 Å². The van der Waals surface area contributed by atoms with Gasteiger partial charge in [0.05, 0.1) is 5.39 Å². The van der Waals surface area contributed by atoms with Crippen LogP contribution in [-0.2, 0) is 9.59 Å². The van der Waals surface area contributed by atoms with E-state index in [4.69, 9.17) is 10.8 Å². The van der Waals surface area contributed by atoms with Crippen molar-refractivity contribution in [3.63, 3.8) is 0 Å². The summed E-state index contributed by atoms with van der Waals surface area (Å²) in [5, 5.41) is 31.1. The fraction of sp³-hybridized carbons (Fsp3) is 0.227. The van der Waals surface area contributed by atoms with Crippen LogP contribution < -0.4 is 11.1 Å². The van der Waals surface area contributed by atoms with Gasteiger partial charge in [0.15, 0.2) is 0 Å². The van der Waals surface area contributed by atoms with E-state index in [1.165, 1.54) is 0 Å². The molecule has 2 heterocycles. The molecule has 7 N–H and O–H groups in total. The van der Waals surface area contributed by atoms with Crippen LogP contribution >= 0.6 is 0 Å². The number of carboxylic acids is 2. The van der Waals surface area contributed by atoms with Crippen LogP contribution in [0.25, 0.3) is 11.0 Å². The Kier molecular flexibility index (Phi) is 6.91. The minimum Gasteiger partial charge on any atom is -0.493 e. The third-order valence-electron chi connectivity index (χ3n) is 5.16. The van der Waals surface area contributed by atoms with Crippen molar-refractivity contribution in [2.24, 2.45) is 0 Å². The number of fused-ring (bicyclic) bond motifs is 1. The highest BCUT2D eigenvalue weighted by atomic mass is 16.4. The van der Waals surface area contributed by atoms with Gasteiger partial charge in [-0.05, 0) is 36.1 Å². The van der Waals surface area contributed by atoms with E-state index in [-0.39, 0.29) is 36.2 Å². The molecule has 2 atom stereocenters. The van der Waals surface area contributed by atoms with Crippen LogP contribution in [0.5, 0.6) is 5.88 Å². The first-order chi connectivity index (χ1) is 15.7. The molecule has 0 aliphatic heterocycles. The lowest BCUT2D eigenvalue weighted by molar-refractivity contribution is -0.140. The number of aliphatic carboxylic acids is 2. The molecule has 172 valence electrons. The number of nitrogens with two attached hydrogens (primary N) is 1. The predicted molar refractivity (Wildman–Crippen MR) is 119 cm³/mol. The van der Waals surface area contributed by atoms with Gasteiger partial charge < -0.3 is 31.4 Å². The van der Waals surface area contributed by atoms with Gasteiger partial charge in [-0.1, -0.05) is 18.2 Å². The first-order valence-electron chi connectivity index (χ1n) is 10.0. The summed E-state index contributed by atoms with van der Waals surface area (Å²) in [6, 6.07) is 5.19. The normalized spacial score (nSPS) is 12.7. The monoisotopic (exact) mass is 453 g/mol. The average Bonchev–Trinajstić information content (AvgIpc) is 3.18. The number of benzene rings is 1. The van der Waals surface area contributed by atoms with Gasteiger partial charge in [0.2, 0.25) is 11.8 Å². The molecule has 0 aliphatic carbocycles. The number of H-pyrrole nitrogens is 1. The van der Waals surface area contributed by atoms with Crippen molar-refractivity contribution in [3.05, 3.63) is 59.8 Å². The van der Waals surface area contributed by atoms with Gasteiger partial charge in [0.1, 0.15) is 11.7 Å². The van der Waals surface area contributed by atoms with Crippen LogP contribution in [-0.4, -0.2) is 54.2 Å². The molecular weight excluding hydrogens is 430 g/mol. The number of carbonyl (C=O) groups excluding carboxylic acids is 1. The van der Waals surface area contributed by atoms with Gasteiger partial charge in [-0.25, -0.2) is 4.79 Å². The number of aromatic amines is 1. The predicted octanol–water partition coefficient (Wildman–Crippen LogP) is 2.00. The second-order valence-corrected chi connectivity index (χ2v) is 7.37. The number of anilines is 1. The van der Waals surface area contributed by atoms with Gasteiger partial charge in [0, 0.05) is 24.1 Å². The number of aromatic nitrogens is 3. The van der Waals surface area contributed by atoms with E-state index in [9.17, 15) is 24.6 Å². The summed E-state index contributed by atoms with van der Waals surface area (Å²) in [7, 11) is 0. The number of hydrogen-bond acceptors (Lipinski definition) is 7. The van der Waals surface area contributed by atoms with E-state index in [1.807, 2.05) is 0 Å². The molecule has 3 rings (SSSR count). The molecule has 33 heavy (non-hydrogen) atoms. The lowest BCUT2D eigenvalue weighted by Crippen LogP contribution is -2.41. The molecular formula is C22H23N5O6. The first kappa shape index (κ1) is 23.3.